The number of nitrogens with zero attached hydrogens (tertiary/aromatic N) is 3. The van der Waals surface area contributed by atoms with E-state index in [1.807, 2.05) is 16.7 Å². The summed E-state index contributed by atoms with van der Waals surface area (Å²) in [6.07, 6.45) is 3.54. The van der Waals surface area contributed by atoms with E-state index in [0.29, 0.717) is 13.0 Å². The van der Waals surface area contributed by atoms with Crippen molar-refractivity contribution in [2.75, 3.05) is 45.8 Å². The average Bonchev–Trinajstić information content (AvgIpc) is 3.00. The van der Waals surface area contributed by atoms with E-state index in [0.717, 1.165) is 58.5 Å². The molecule has 1 atom stereocenters. The summed E-state index contributed by atoms with van der Waals surface area (Å²) in [4.78, 5) is 30.1. The molecule has 6 nitrogen and oxygen atoms in total. The topological polar surface area (TPSA) is 69.9 Å². The molecule has 0 bridgehead atoms. The van der Waals surface area contributed by atoms with Gasteiger partial charge in [0.1, 0.15) is 0 Å². The Morgan fingerprint density at radius 3 is 1.96 bits per heavy atom. The molecule has 0 aromatic heterocycles. The van der Waals surface area contributed by atoms with Crippen molar-refractivity contribution in [3.63, 3.8) is 0 Å². The molecule has 2 fully saturated rings. The number of hydrogen-bond acceptors (Lipinski definition) is 4. The summed E-state index contributed by atoms with van der Waals surface area (Å²) in [6.45, 7) is 7.29. The molecule has 0 radical (unpaired) electrons. The predicted octanol–water partition coefficient (Wildman–Crippen LogP) is 0.724. The fourth-order valence-electron chi connectivity index (χ4n) is 2.92. The van der Waals surface area contributed by atoms with Crippen molar-refractivity contribution in [3.8, 4) is 0 Å². The Labute approximate surface area is 151 Å². The third-order valence-corrected chi connectivity index (χ3v) is 4.36. The number of hydrogen-bond donors (Lipinski definition) is 1. The first kappa shape index (κ1) is 22.4. The maximum absolute atomic E-state index is 12.1. The summed E-state index contributed by atoms with van der Waals surface area (Å²) in [6, 6.07) is 0.0771. The number of rotatable bonds is 5. The zero-order valence-corrected chi connectivity index (χ0v) is 15.5. The Kier molecular flexibility index (Phi) is 10.8. The van der Waals surface area contributed by atoms with Gasteiger partial charge in [0.25, 0.3) is 0 Å². The van der Waals surface area contributed by atoms with Gasteiger partial charge in [0.2, 0.25) is 11.8 Å². The van der Waals surface area contributed by atoms with Gasteiger partial charge in [-0.15, -0.1) is 24.8 Å². The molecule has 0 spiro atoms. The second-order valence-corrected chi connectivity index (χ2v) is 6.26. The standard InChI is InChI=1S/C15H28N4O2.2ClH/c1-13(16)4-5-14(20)19-10-8-17(9-11-19)12-15(21)18-6-2-3-7-18;;/h13H,2-12,16H2,1H3;2*1H. The molecular weight excluding hydrogens is 339 g/mol. The number of piperazine rings is 1. The summed E-state index contributed by atoms with van der Waals surface area (Å²) in [7, 11) is 0. The average molecular weight is 369 g/mol. The minimum Gasteiger partial charge on any atom is -0.342 e. The highest BCUT2D eigenvalue weighted by molar-refractivity contribution is 5.85. The molecule has 2 saturated heterocycles. The first-order chi connectivity index (χ1) is 10.1. The van der Waals surface area contributed by atoms with Gasteiger partial charge in [0, 0.05) is 51.7 Å². The molecule has 2 rings (SSSR count). The van der Waals surface area contributed by atoms with E-state index in [9.17, 15) is 9.59 Å². The Hall–Kier alpha value is -0.560. The van der Waals surface area contributed by atoms with Gasteiger partial charge in [-0.25, -0.2) is 0 Å². The second kappa shape index (κ2) is 11.1. The molecular formula is C15H30Cl2N4O2. The van der Waals surface area contributed by atoms with Gasteiger partial charge < -0.3 is 15.5 Å². The molecule has 0 aliphatic carbocycles. The Bertz CT molecular complexity index is 368. The van der Waals surface area contributed by atoms with E-state index in [1.54, 1.807) is 0 Å². The summed E-state index contributed by atoms with van der Waals surface area (Å²) < 4.78 is 0. The lowest BCUT2D eigenvalue weighted by Gasteiger charge is -2.35. The molecule has 0 saturated carbocycles. The van der Waals surface area contributed by atoms with Crippen molar-refractivity contribution < 1.29 is 9.59 Å². The molecule has 2 heterocycles. The van der Waals surface area contributed by atoms with Gasteiger partial charge in [0.05, 0.1) is 6.54 Å². The summed E-state index contributed by atoms with van der Waals surface area (Å²) >= 11 is 0. The fraction of sp³-hybridized carbons (Fsp3) is 0.867. The van der Waals surface area contributed by atoms with Gasteiger partial charge in [-0.2, -0.15) is 0 Å². The number of carbonyl (C=O) groups excluding carboxylic acids is 2. The predicted molar refractivity (Wildman–Crippen MR) is 96.2 cm³/mol. The van der Waals surface area contributed by atoms with Crippen LogP contribution in [-0.2, 0) is 9.59 Å². The third-order valence-electron chi connectivity index (χ3n) is 4.36. The zero-order chi connectivity index (χ0) is 15.2. The van der Waals surface area contributed by atoms with Crippen molar-refractivity contribution in [1.29, 1.82) is 0 Å². The van der Waals surface area contributed by atoms with Crippen molar-refractivity contribution >= 4 is 36.6 Å². The van der Waals surface area contributed by atoms with Crippen LogP contribution in [0.25, 0.3) is 0 Å². The number of carbonyl (C=O) groups is 2. The van der Waals surface area contributed by atoms with Gasteiger partial charge >= 0.3 is 0 Å². The second-order valence-electron chi connectivity index (χ2n) is 6.26. The molecule has 23 heavy (non-hydrogen) atoms. The van der Waals surface area contributed by atoms with Crippen molar-refractivity contribution in [2.24, 2.45) is 5.73 Å². The van der Waals surface area contributed by atoms with Crippen LogP contribution in [0.15, 0.2) is 0 Å². The van der Waals surface area contributed by atoms with Crippen LogP contribution < -0.4 is 5.73 Å². The molecule has 1 unspecified atom stereocenters. The maximum atomic E-state index is 12.1. The molecule has 0 aromatic carbocycles. The van der Waals surface area contributed by atoms with Gasteiger partial charge in [-0.3, -0.25) is 14.5 Å². The number of likely N-dealkylation sites (tertiary alicyclic amines) is 1. The lowest BCUT2D eigenvalue weighted by atomic mass is 10.1. The molecule has 2 aliphatic heterocycles. The van der Waals surface area contributed by atoms with Gasteiger partial charge in [-0.05, 0) is 26.2 Å². The number of amides is 2. The van der Waals surface area contributed by atoms with Crippen LogP contribution in [0.3, 0.4) is 0 Å². The van der Waals surface area contributed by atoms with Crippen molar-refractivity contribution in [2.45, 2.75) is 38.6 Å². The monoisotopic (exact) mass is 368 g/mol. The highest BCUT2D eigenvalue weighted by Gasteiger charge is 2.25. The minimum absolute atomic E-state index is 0. The summed E-state index contributed by atoms with van der Waals surface area (Å²) in [5, 5.41) is 0. The molecule has 2 aliphatic rings. The highest BCUT2D eigenvalue weighted by atomic mass is 35.5. The first-order valence-electron chi connectivity index (χ1n) is 8.10. The van der Waals surface area contributed by atoms with E-state index < -0.39 is 0 Å². The smallest absolute Gasteiger partial charge is 0.236 e. The van der Waals surface area contributed by atoms with Crippen LogP contribution in [0.1, 0.15) is 32.6 Å². The third kappa shape index (κ3) is 7.25. The molecule has 2 amide bonds. The van der Waals surface area contributed by atoms with Crippen LogP contribution in [0.4, 0.5) is 0 Å². The summed E-state index contributed by atoms with van der Waals surface area (Å²) in [5.41, 5.74) is 5.69. The van der Waals surface area contributed by atoms with Crippen LogP contribution >= 0.6 is 24.8 Å². The van der Waals surface area contributed by atoms with Gasteiger partial charge in [-0.1, -0.05) is 0 Å². The molecule has 0 aromatic rings. The van der Waals surface area contributed by atoms with E-state index in [1.165, 1.54) is 0 Å². The minimum atomic E-state index is 0. The van der Waals surface area contributed by atoms with Crippen molar-refractivity contribution in [1.82, 2.24) is 14.7 Å². The van der Waals surface area contributed by atoms with E-state index in [2.05, 4.69) is 4.90 Å². The normalized spacial score (nSPS) is 19.7. The lowest BCUT2D eigenvalue weighted by Crippen LogP contribution is -2.51. The van der Waals surface area contributed by atoms with Crippen molar-refractivity contribution in [3.05, 3.63) is 0 Å². The molecule has 8 heteroatoms. The highest BCUT2D eigenvalue weighted by Crippen LogP contribution is 2.10. The van der Waals surface area contributed by atoms with Crippen LogP contribution in [0.5, 0.6) is 0 Å². The van der Waals surface area contributed by atoms with E-state index >= 15 is 0 Å². The Morgan fingerprint density at radius 2 is 1.43 bits per heavy atom. The fourth-order valence-corrected chi connectivity index (χ4v) is 2.92. The van der Waals surface area contributed by atoms with Crippen LogP contribution in [0.2, 0.25) is 0 Å². The lowest BCUT2D eigenvalue weighted by molar-refractivity contribution is -0.134. The molecule has 136 valence electrons. The van der Waals surface area contributed by atoms with Crippen LogP contribution in [-0.4, -0.2) is 78.4 Å². The number of nitrogens with two attached hydrogens (primary N) is 1. The molecule has 2 N–H and O–H groups in total. The van der Waals surface area contributed by atoms with E-state index in [4.69, 9.17) is 5.73 Å². The number of halogens is 2. The zero-order valence-electron chi connectivity index (χ0n) is 13.9. The Balaban J connectivity index is 0.00000242. The van der Waals surface area contributed by atoms with E-state index in [-0.39, 0.29) is 42.7 Å². The Morgan fingerprint density at radius 1 is 0.913 bits per heavy atom. The van der Waals surface area contributed by atoms with Gasteiger partial charge in [0.15, 0.2) is 0 Å². The SMILES string of the molecule is CC(N)CCC(=O)N1CCN(CC(=O)N2CCCC2)CC1.Cl.Cl. The van der Waals surface area contributed by atoms with Crippen LogP contribution in [0, 0.1) is 0 Å². The quantitative estimate of drug-likeness (QED) is 0.776. The maximum Gasteiger partial charge on any atom is 0.236 e. The largest absolute Gasteiger partial charge is 0.342 e. The first-order valence-corrected chi connectivity index (χ1v) is 8.10. The summed E-state index contributed by atoms with van der Waals surface area (Å²) in [5.74, 6) is 0.432.